The summed E-state index contributed by atoms with van der Waals surface area (Å²) in [6.45, 7) is 1.54. The van der Waals surface area contributed by atoms with Gasteiger partial charge in [0, 0.05) is 17.7 Å². The summed E-state index contributed by atoms with van der Waals surface area (Å²) in [5.41, 5.74) is 1.99. The van der Waals surface area contributed by atoms with Crippen molar-refractivity contribution in [3.05, 3.63) is 52.1 Å². The molecular weight excluding hydrogens is 370 g/mol. The van der Waals surface area contributed by atoms with Crippen LogP contribution >= 0.6 is 0 Å². The van der Waals surface area contributed by atoms with Gasteiger partial charge < -0.3 is 19.3 Å². The Morgan fingerprint density at radius 1 is 1.25 bits per heavy atom. The molecule has 0 bridgehead atoms. The van der Waals surface area contributed by atoms with Gasteiger partial charge >= 0.3 is 5.69 Å². The summed E-state index contributed by atoms with van der Waals surface area (Å²) in [5, 5.41) is 24.5. The minimum atomic E-state index is -0.854. The predicted octanol–water partition coefficient (Wildman–Crippen LogP) is 2.24. The maximum Gasteiger partial charge on any atom is 0.315 e. The molecule has 0 aliphatic carbocycles. The molecule has 10 heteroatoms. The Kier molecular flexibility index (Phi) is 6.74. The topological polar surface area (TPSA) is 133 Å². The first-order chi connectivity index (χ1) is 13.3. The van der Waals surface area contributed by atoms with Gasteiger partial charge in [-0.25, -0.2) is 5.43 Å². The molecule has 0 radical (unpaired) electrons. The average Bonchev–Trinajstić information content (AvgIpc) is 2.68. The molecule has 28 heavy (non-hydrogen) atoms. The lowest BCUT2D eigenvalue weighted by molar-refractivity contribution is -0.386. The second-order valence-electron chi connectivity index (χ2n) is 5.52. The van der Waals surface area contributed by atoms with Gasteiger partial charge in [0.1, 0.15) is 11.5 Å². The molecule has 0 aliphatic rings. The summed E-state index contributed by atoms with van der Waals surface area (Å²) in [5.74, 6) is -0.166. The summed E-state index contributed by atoms with van der Waals surface area (Å²) in [6, 6.07) is 9.22. The molecule has 148 valence electrons. The van der Waals surface area contributed by atoms with Crippen molar-refractivity contribution in [2.75, 3.05) is 14.2 Å². The van der Waals surface area contributed by atoms with Crippen LogP contribution in [0, 0.1) is 10.1 Å². The number of rotatable bonds is 8. The Balaban J connectivity index is 2.04. The Labute approximate surface area is 160 Å². The van der Waals surface area contributed by atoms with E-state index in [1.807, 2.05) is 0 Å². The second-order valence-corrected chi connectivity index (χ2v) is 5.52. The van der Waals surface area contributed by atoms with E-state index in [1.165, 1.54) is 26.5 Å². The number of hydrogen-bond donors (Lipinski definition) is 2. The molecule has 1 unspecified atom stereocenters. The number of amides is 1. The van der Waals surface area contributed by atoms with Crippen molar-refractivity contribution >= 4 is 17.8 Å². The molecular formula is C18H19N3O7. The van der Waals surface area contributed by atoms with E-state index in [2.05, 4.69) is 10.5 Å². The highest BCUT2D eigenvalue weighted by Crippen LogP contribution is 2.36. The van der Waals surface area contributed by atoms with Gasteiger partial charge in [-0.2, -0.15) is 5.10 Å². The summed E-state index contributed by atoms with van der Waals surface area (Å²) < 4.78 is 15.5. The van der Waals surface area contributed by atoms with Crippen molar-refractivity contribution in [1.82, 2.24) is 5.43 Å². The number of benzene rings is 2. The lowest BCUT2D eigenvalue weighted by Crippen LogP contribution is -2.33. The molecule has 2 aromatic carbocycles. The molecule has 0 aliphatic heterocycles. The molecule has 0 saturated heterocycles. The fourth-order valence-corrected chi connectivity index (χ4v) is 2.18. The molecule has 0 aromatic heterocycles. The van der Waals surface area contributed by atoms with E-state index in [9.17, 15) is 20.0 Å². The van der Waals surface area contributed by atoms with Crippen LogP contribution in [0.25, 0.3) is 0 Å². The molecule has 2 aromatic rings. The fourth-order valence-electron chi connectivity index (χ4n) is 2.18. The molecule has 0 saturated carbocycles. The van der Waals surface area contributed by atoms with Crippen molar-refractivity contribution in [3.8, 4) is 23.0 Å². The average molecular weight is 389 g/mol. The molecule has 1 amide bonds. The van der Waals surface area contributed by atoms with Crippen LogP contribution in [0.5, 0.6) is 23.0 Å². The minimum absolute atomic E-state index is 0.0864. The van der Waals surface area contributed by atoms with Crippen LogP contribution in [0.4, 0.5) is 5.69 Å². The smallest absolute Gasteiger partial charge is 0.315 e. The Morgan fingerprint density at radius 3 is 2.61 bits per heavy atom. The highest BCUT2D eigenvalue weighted by Gasteiger charge is 2.19. The number of phenols is 1. The molecule has 2 N–H and O–H groups in total. The highest BCUT2D eigenvalue weighted by molar-refractivity contribution is 5.86. The van der Waals surface area contributed by atoms with E-state index in [0.717, 1.165) is 6.07 Å². The number of nitrogens with one attached hydrogen (secondary N) is 1. The first kappa shape index (κ1) is 20.5. The summed E-state index contributed by atoms with van der Waals surface area (Å²) >= 11 is 0. The molecule has 2 rings (SSSR count). The number of methoxy groups -OCH3 is 2. The lowest BCUT2D eigenvalue weighted by atomic mass is 10.2. The number of carbonyl (C=O) groups excluding carboxylic acids is 1. The molecule has 0 spiro atoms. The van der Waals surface area contributed by atoms with Crippen molar-refractivity contribution in [1.29, 1.82) is 0 Å². The van der Waals surface area contributed by atoms with Crippen LogP contribution in [0.2, 0.25) is 0 Å². The third-order valence-electron chi connectivity index (χ3n) is 3.61. The summed E-state index contributed by atoms with van der Waals surface area (Å²) in [7, 11) is 2.78. The van der Waals surface area contributed by atoms with Gasteiger partial charge in [-0.1, -0.05) is 6.07 Å². The number of aromatic hydroxyl groups is 1. The van der Waals surface area contributed by atoms with Crippen molar-refractivity contribution in [2.45, 2.75) is 13.0 Å². The van der Waals surface area contributed by atoms with Gasteiger partial charge in [-0.3, -0.25) is 14.9 Å². The third-order valence-corrected chi connectivity index (χ3v) is 3.61. The first-order valence-corrected chi connectivity index (χ1v) is 8.04. The number of nitrogens with zero attached hydrogens (tertiary/aromatic N) is 2. The number of phenolic OH excluding ortho intramolecular Hbond substituents is 1. The molecule has 10 nitrogen and oxygen atoms in total. The van der Waals surface area contributed by atoms with E-state index < -0.39 is 28.4 Å². The predicted molar refractivity (Wildman–Crippen MR) is 100 cm³/mol. The van der Waals surface area contributed by atoms with Gasteiger partial charge in [0.2, 0.25) is 5.75 Å². The zero-order valence-corrected chi connectivity index (χ0v) is 15.4. The van der Waals surface area contributed by atoms with Crippen molar-refractivity contribution < 1.29 is 29.0 Å². The van der Waals surface area contributed by atoms with Gasteiger partial charge in [-0.15, -0.1) is 0 Å². The largest absolute Gasteiger partial charge is 0.500 e. The van der Waals surface area contributed by atoms with Crippen LogP contribution in [0.3, 0.4) is 0 Å². The quantitative estimate of drug-likeness (QED) is 0.402. The molecule has 0 fully saturated rings. The minimum Gasteiger partial charge on any atom is -0.500 e. The van der Waals surface area contributed by atoms with E-state index in [1.54, 1.807) is 31.2 Å². The summed E-state index contributed by atoms with van der Waals surface area (Å²) in [6.07, 6.45) is 0.332. The van der Waals surface area contributed by atoms with Crippen LogP contribution in [0.15, 0.2) is 41.5 Å². The standard InChI is InChI=1S/C18H19N3O7/c1-11(28-14-6-4-5-13(9-14)26-2)18(23)20-19-10-12-7-15(21(24)25)17(22)16(8-12)27-3/h4-11,22H,1-3H3,(H,20,23)/b19-10+. The Morgan fingerprint density at radius 2 is 1.96 bits per heavy atom. The Bertz CT molecular complexity index is 899. The number of hydrazone groups is 1. The normalized spacial score (nSPS) is 11.7. The van der Waals surface area contributed by atoms with Crippen LogP contribution in [0.1, 0.15) is 12.5 Å². The lowest BCUT2D eigenvalue weighted by Gasteiger charge is -2.13. The highest BCUT2D eigenvalue weighted by atomic mass is 16.6. The van der Waals surface area contributed by atoms with Crippen molar-refractivity contribution in [2.24, 2.45) is 5.10 Å². The number of nitro benzene ring substituents is 1. The van der Waals surface area contributed by atoms with Gasteiger partial charge in [0.25, 0.3) is 5.91 Å². The van der Waals surface area contributed by atoms with E-state index in [0.29, 0.717) is 11.5 Å². The van der Waals surface area contributed by atoms with Gasteiger partial charge in [0.15, 0.2) is 11.9 Å². The van der Waals surface area contributed by atoms with Crippen LogP contribution in [-0.4, -0.2) is 42.5 Å². The first-order valence-electron chi connectivity index (χ1n) is 8.04. The molecule has 1 atom stereocenters. The maximum absolute atomic E-state index is 12.1. The zero-order valence-electron chi connectivity index (χ0n) is 15.4. The van der Waals surface area contributed by atoms with E-state index in [-0.39, 0.29) is 11.3 Å². The number of hydrogen-bond acceptors (Lipinski definition) is 8. The van der Waals surface area contributed by atoms with Crippen molar-refractivity contribution in [3.63, 3.8) is 0 Å². The van der Waals surface area contributed by atoms with E-state index >= 15 is 0 Å². The van der Waals surface area contributed by atoms with Crippen LogP contribution in [-0.2, 0) is 4.79 Å². The fraction of sp³-hybridized carbons (Fsp3) is 0.222. The maximum atomic E-state index is 12.1. The summed E-state index contributed by atoms with van der Waals surface area (Å²) in [4.78, 5) is 22.3. The number of nitro groups is 1. The Hall–Kier alpha value is -3.82. The SMILES string of the molecule is COc1cccc(OC(C)C(=O)N/N=C/c2cc(OC)c(O)c([N+](=O)[O-])c2)c1. The number of carbonyl (C=O) groups is 1. The number of ether oxygens (including phenoxy) is 3. The second kappa shape index (κ2) is 9.21. The zero-order chi connectivity index (χ0) is 20.7. The van der Waals surface area contributed by atoms with Gasteiger partial charge in [0.05, 0.1) is 25.4 Å². The van der Waals surface area contributed by atoms with E-state index in [4.69, 9.17) is 14.2 Å². The van der Waals surface area contributed by atoms with Crippen LogP contribution < -0.4 is 19.6 Å². The monoisotopic (exact) mass is 389 g/mol. The molecule has 0 heterocycles. The third kappa shape index (κ3) is 5.10. The van der Waals surface area contributed by atoms with Gasteiger partial charge in [-0.05, 0) is 25.1 Å².